The SMILES string of the molecule is CCOC(=O)[C@H]1CCCN(C(=O)Nc2ccc3c(c2)OC(F)(F)O3)C1. The normalized spacial score (nSPS) is 20.9. The van der Waals surface area contributed by atoms with Gasteiger partial charge in [-0.3, -0.25) is 4.79 Å². The maximum absolute atomic E-state index is 13.0. The highest BCUT2D eigenvalue weighted by Crippen LogP contribution is 2.42. The van der Waals surface area contributed by atoms with Gasteiger partial charge in [0.25, 0.3) is 0 Å². The summed E-state index contributed by atoms with van der Waals surface area (Å²) >= 11 is 0. The lowest BCUT2D eigenvalue weighted by molar-refractivity contribution is -0.286. The molecule has 0 aromatic heterocycles. The van der Waals surface area contributed by atoms with E-state index in [9.17, 15) is 18.4 Å². The number of piperidine rings is 1. The number of nitrogens with zero attached hydrogens (tertiary/aromatic N) is 1. The molecule has 7 nitrogen and oxygen atoms in total. The van der Waals surface area contributed by atoms with Crippen LogP contribution in [0.4, 0.5) is 19.3 Å². The Morgan fingerprint density at radius 3 is 2.88 bits per heavy atom. The first-order chi connectivity index (χ1) is 11.9. The minimum atomic E-state index is -3.70. The predicted octanol–water partition coefficient (Wildman–Crippen LogP) is 2.82. The standard InChI is InChI=1S/C16H18F2N2O5/c1-2-23-14(21)10-4-3-7-20(9-10)15(22)19-11-5-6-12-13(8-11)25-16(17,18)24-12/h5-6,8,10H,2-4,7,9H2,1H3,(H,19,22)/t10-/m0/s1. The van der Waals surface area contributed by atoms with Crippen LogP contribution in [0.2, 0.25) is 0 Å². The number of carbonyl (C=O) groups is 2. The van der Waals surface area contributed by atoms with Crippen LogP contribution in [0.3, 0.4) is 0 Å². The fourth-order valence-corrected chi connectivity index (χ4v) is 2.84. The first-order valence-electron chi connectivity index (χ1n) is 8.00. The monoisotopic (exact) mass is 356 g/mol. The van der Waals surface area contributed by atoms with E-state index in [1.165, 1.54) is 23.1 Å². The molecule has 1 N–H and O–H groups in total. The molecule has 1 aromatic rings. The van der Waals surface area contributed by atoms with Crippen LogP contribution in [0, 0.1) is 5.92 Å². The fraction of sp³-hybridized carbons (Fsp3) is 0.500. The number of amides is 2. The van der Waals surface area contributed by atoms with Gasteiger partial charge in [0.1, 0.15) is 0 Å². The molecule has 1 aromatic carbocycles. The van der Waals surface area contributed by atoms with Crippen LogP contribution in [-0.2, 0) is 9.53 Å². The van der Waals surface area contributed by atoms with Crippen molar-refractivity contribution in [3.63, 3.8) is 0 Å². The maximum atomic E-state index is 13.0. The van der Waals surface area contributed by atoms with E-state index in [1.54, 1.807) is 6.92 Å². The summed E-state index contributed by atoms with van der Waals surface area (Å²) in [4.78, 5) is 25.7. The number of esters is 1. The Balaban J connectivity index is 1.62. The minimum Gasteiger partial charge on any atom is -0.466 e. The molecule has 1 fully saturated rings. The Morgan fingerprint density at radius 1 is 1.36 bits per heavy atom. The van der Waals surface area contributed by atoms with Gasteiger partial charge in [-0.2, -0.15) is 0 Å². The van der Waals surface area contributed by atoms with Gasteiger partial charge in [0, 0.05) is 24.8 Å². The Morgan fingerprint density at radius 2 is 2.12 bits per heavy atom. The number of anilines is 1. The second-order valence-corrected chi connectivity index (χ2v) is 5.80. The summed E-state index contributed by atoms with van der Waals surface area (Å²) in [6.45, 7) is 2.79. The maximum Gasteiger partial charge on any atom is 0.586 e. The van der Waals surface area contributed by atoms with E-state index < -0.39 is 12.3 Å². The quantitative estimate of drug-likeness (QED) is 0.843. The average molecular weight is 356 g/mol. The van der Waals surface area contributed by atoms with Crippen molar-refractivity contribution in [1.29, 1.82) is 0 Å². The van der Waals surface area contributed by atoms with Crippen molar-refractivity contribution < 1.29 is 32.6 Å². The highest BCUT2D eigenvalue weighted by molar-refractivity contribution is 5.90. The summed E-state index contributed by atoms with van der Waals surface area (Å²) in [7, 11) is 0. The largest absolute Gasteiger partial charge is 0.586 e. The smallest absolute Gasteiger partial charge is 0.466 e. The lowest BCUT2D eigenvalue weighted by Crippen LogP contribution is -2.44. The van der Waals surface area contributed by atoms with Crippen LogP contribution in [0.15, 0.2) is 18.2 Å². The first kappa shape index (κ1) is 17.2. The van der Waals surface area contributed by atoms with Gasteiger partial charge in [-0.25, -0.2) is 4.79 Å². The molecular formula is C16H18F2N2O5. The summed E-state index contributed by atoms with van der Waals surface area (Å²) in [5.74, 6) is -0.908. The molecule has 0 unspecified atom stereocenters. The predicted molar refractivity (Wildman–Crippen MR) is 82.6 cm³/mol. The molecular weight excluding hydrogens is 338 g/mol. The molecule has 0 bridgehead atoms. The van der Waals surface area contributed by atoms with Crippen molar-refractivity contribution in [3.05, 3.63) is 18.2 Å². The van der Waals surface area contributed by atoms with Gasteiger partial charge >= 0.3 is 18.3 Å². The molecule has 2 aliphatic rings. The van der Waals surface area contributed by atoms with Gasteiger partial charge in [-0.15, -0.1) is 8.78 Å². The van der Waals surface area contributed by atoms with Gasteiger partial charge in [0.05, 0.1) is 12.5 Å². The topological polar surface area (TPSA) is 77.1 Å². The third kappa shape index (κ3) is 3.92. The molecule has 0 aliphatic carbocycles. The van der Waals surface area contributed by atoms with Gasteiger partial charge in [-0.1, -0.05) is 0 Å². The van der Waals surface area contributed by atoms with Crippen molar-refractivity contribution in [2.75, 3.05) is 25.0 Å². The minimum absolute atomic E-state index is 0.0941. The number of halogens is 2. The zero-order valence-electron chi connectivity index (χ0n) is 13.6. The molecule has 2 aliphatic heterocycles. The molecule has 9 heteroatoms. The number of likely N-dealkylation sites (tertiary alicyclic amines) is 1. The zero-order chi connectivity index (χ0) is 18.0. The molecule has 25 heavy (non-hydrogen) atoms. The summed E-state index contributed by atoms with van der Waals surface area (Å²) < 4.78 is 39.7. The fourth-order valence-electron chi connectivity index (χ4n) is 2.84. The molecule has 0 saturated carbocycles. The first-order valence-corrected chi connectivity index (χ1v) is 8.00. The van der Waals surface area contributed by atoms with Crippen LogP contribution in [0.25, 0.3) is 0 Å². The van der Waals surface area contributed by atoms with Crippen LogP contribution in [0.5, 0.6) is 11.5 Å². The summed E-state index contributed by atoms with van der Waals surface area (Å²) in [5, 5.41) is 2.61. The number of carbonyl (C=O) groups excluding carboxylic acids is 2. The van der Waals surface area contributed by atoms with Crippen molar-refractivity contribution in [2.24, 2.45) is 5.92 Å². The molecule has 2 heterocycles. The third-order valence-electron chi connectivity index (χ3n) is 3.98. The highest BCUT2D eigenvalue weighted by Gasteiger charge is 2.43. The van der Waals surface area contributed by atoms with E-state index in [0.29, 0.717) is 31.7 Å². The summed E-state index contributed by atoms with van der Waals surface area (Å²) in [6.07, 6.45) is -2.35. The number of alkyl halides is 2. The molecule has 1 saturated heterocycles. The van der Waals surface area contributed by atoms with E-state index in [-0.39, 0.29) is 29.9 Å². The van der Waals surface area contributed by atoms with Crippen molar-refractivity contribution in [2.45, 2.75) is 26.1 Å². The Bertz CT molecular complexity index is 682. The van der Waals surface area contributed by atoms with E-state index in [4.69, 9.17) is 4.74 Å². The van der Waals surface area contributed by atoms with Gasteiger partial charge < -0.3 is 24.4 Å². The van der Waals surface area contributed by atoms with Crippen molar-refractivity contribution in [3.8, 4) is 11.5 Å². The average Bonchev–Trinajstić information content (AvgIpc) is 2.88. The summed E-state index contributed by atoms with van der Waals surface area (Å²) in [6, 6.07) is 3.58. The second-order valence-electron chi connectivity index (χ2n) is 5.80. The number of hydrogen-bond donors (Lipinski definition) is 1. The second kappa shape index (κ2) is 6.73. The van der Waals surface area contributed by atoms with Gasteiger partial charge in [-0.05, 0) is 31.9 Å². The number of urea groups is 1. The summed E-state index contributed by atoms with van der Waals surface area (Å²) in [5.41, 5.74) is 0.295. The number of fused-ring (bicyclic) bond motifs is 1. The molecule has 1 atom stereocenters. The number of rotatable bonds is 3. The van der Waals surface area contributed by atoms with Crippen molar-refractivity contribution in [1.82, 2.24) is 4.90 Å². The van der Waals surface area contributed by atoms with Crippen LogP contribution in [-0.4, -0.2) is 42.9 Å². The van der Waals surface area contributed by atoms with Crippen LogP contribution in [0.1, 0.15) is 19.8 Å². The van der Waals surface area contributed by atoms with E-state index in [1.807, 2.05) is 0 Å². The molecule has 0 spiro atoms. The number of nitrogens with one attached hydrogen (secondary N) is 1. The number of benzene rings is 1. The Kier molecular flexibility index (Phi) is 4.65. The Hall–Kier alpha value is -2.58. The Labute approximate surface area is 142 Å². The highest BCUT2D eigenvalue weighted by atomic mass is 19.3. The van der Waals surface area contributed by atoms with E-state index in [0.717, 1.165) is 0 Å². The number of hydrogen-bond acceptors (Lipinski definition) is 5. The van der Waals surface area contributed by atoms with Crippen molar-refractivity contribution >= 4 is 17.7 Å². The lowest BCUT2D eigenvalue weighted by atomic mass is 9.98. The van der Waals surface area contributed by atoms with E-state index >= 15 is 0 Å². The third-order valence-corrected chi connectivity index (χ3v) is 3.98. The molecule has 3 rings (SSSR count). The molecule has 136 valence electrons. The van der Waals surface area contributed by atoms with E-state index in [2.05, 4.69) is 14.8 Å². The van der Waals surface area contributed by atoms with Crippen LogP contribution < -0.4 is 14.8 Å². The number of ether oxygens (including phenoxy) is 3. The zero-order valence-corrected chi connectivity index (χ0v) is 13.6. The molecule has 2 amide bonds. The lowest BCUT2D eigenvalue weighted by Gasteiger charge is -2.31. The van der Waals surface area contributed by atoms with Crippen LogP contribution >= 0.6 is 0 Å². The van der Waals surface area contributed by atoms with Gasteiger partial charge in [0.2, 0.25) is 0 Å². The molecule has 0 radical (unpaired) electrons. The van der Waals surface area contributed by atoms with Gasteiger partial charge in [0.15, 0.2) is 11.5 Å².